The van der Waals surface area contributed by atoms with Crippen LogP contribution < -0.4 is 5.73 Å². The minimum absolute atomic E-state index is 0.248. The van der Waals surface area contributed by atoms with Crippen molar-refractivity contribution in [2.24, 2.45) is 5.73 Å². The average molecular weight is 329 g/mol. The molecule has 1 saturated carbocycles. The van der Waals surface area contributed by atoms with Crippen LogP contribution in [0.4, 0.5) is 0 Å². The van der Waals surface area contributed by atoms with Crippen LogP contribution in [0.3, 0.4) is 0 Å². The number of primary amides is 1. The molecular weight excluding hydrogens is 310 g/mol. The molecule has 25 heavy (non-hydrogen) atoms. The first-order chi connectivity index (χ1) is 12.2. The van der Waals surface area contributed by atoms with E-state index in [1.807, 2.05) is 24.3 Å². The SMILES string of the molecule is NC(=O)c1cc2ccccc2n1C1CCC1n1ccc2ccccc21. The number of nitrogens with two attached hydrogens (primary N) is 1. The van der Waals surface area contributed by atoms with Gasteiger partial charge in [-0.15, -0.1) is 0 Å². The molecule has 2 aromatic carbocycles. The highest BCUT2D eigenvalue weighted by atomic mass is 16.1. The molecular formula is C21H19N3O. The summed E-state index contributed by atoms with van der Waals surface area (Å²) in [7, 11) is 0. The van der Waals surface area contributed by atoms with Crippen molar-refractivity contribution in [3.05, 3.63) is 72.6 Å². The number of benzene rings is 2. The number of amides is 1. The maximum atomic E-state index is 12.0. The van der Waals surface area contributed by atoms with E-state index >= 15 is 0 Å². The van der Waals surface area contributed by atoms with E-state index in [2.05, 4.69) is 51.7 Å². The van der Waals surface area contributed by atoms with Crippen molar-refractivity contribution >= 4 is 27.7 Å². The van der Waals surface area contributed by atoms with Crippen molar-refractivity contribution in [3.8, 4) is 0 Å². The van der Waals surface area contributed by atoms with E-state index in [1.54, 1.807) is 0 Å². The number of hydrogen-bond donors (Lipinski definition) is 1. The zero-order chi connectivity index (χ0) is 17.0. The molecule has 2 N–H and O–H groups in total. The van der Waals surface area contributed by atoms with Gasteiger partial charge in [0.25, 0.3) is 5.91 Å². The second-order valence-corrected chi connectivity index (χ2v) is 6.82. The van der Waals surface area contributed by atoms with E-state index in [4.69, 9.17) is 5.73 Å². The Morgan fingerprint density at radius 1 is 0.880 bits per heavy atom. The van der Waals surface area contributed by atoms with Crippen LogP contribution in [0.2, 0.25) is 0 Å². The number of nitrogens with zero attached hydrogens (tertiary/aromatic N) is 2. The van der Waals surface area contributed by atoms with Crippen molar-refractivity contribution in [2.75, 3.05) is 0 Å². The monoisotopic (exact) mass is 329 g/mol. The number of carbonyl (C=O) groups is 1. The van der Waals surface area contributed by atoms with Crippen LogP contribution in [-0.4, -0.2) is 15.0 Å². The molecule has 2 atom stereocenters. The van der Waals surface area contributed by atoms with Crippen molar-refractivity contribution in [1.29, 1.82) is 0 Å². The van der Waals surface area contributed by atoms with Crippen molar-refractivity contribution in [3.63, 3.8) is 0 Å². The molecule has 0 spiro atoms. The molecule has 1 aliphatic carbocycles. The Balaban J connectivity index is 1.66. The van der Waals surface area contributed by atoms with Gasteiger partial charge in [-0.3, -0.25) is 4.79 Å². The Bertz CT molecular complexity index is 1100. The fourth-order valence-electron chi connectivity index (χ4n) is 4.21. The molecule has 0 aliphatic heterocycles. The smallest absolute Gasteiger partial charge is 0.265 e. The molecule has 1 aliphatic rings. The van der Waals surface area contributed by atoms with Gasteiger partial charge in [-0.1, -0.05) is 36.4 Å². The van der Waals surface area contributed by atoms with Gasteiger partial charge in [0.05, 0.1) is 12.1 Å². The maximum absolute atomic E-state index is 12.0. The number of hydrogen-bond acceptors (Lipinski definition) is 1. The molecule has 1 amide bonds. The molecule has 2 aromatic heterocycles. The first-order valence-electron chi connectivity index (χ1n) is 8.69. The van der Waals surface area contributed by atoms with Gasteiger partial charge in [0.1, 0.15) is 5.69 Å². The average Bonchev–Trinajstić information content (AvgIpc) is 3.17. The molecule has 2 unspecified atom stereocenters. The second kappa shape index (κ2) is 5.24. The number of rotatable bonds is 3. The van der Waals surface area contributed by atoms with Gasteiger partial charge >= 0.3 is 0 Å². The number of aromatic nitrogens is 2. The summed E-state index contributed by atoms with van der Waals surface area (Å²) >= 11 is 0. The molecule has 4 aromatic rings. The highest BCUT2D eigenvalue weighted by Crippen LogP contribution is 2.46. The number of fused-ring (bicyclic) bond motifs is 2. The fraction of sp³-hybridized carbons (Fsp3) is 0.190. The van der Waals surface area contributed by atoms with Gasteiger partial charge in [-0.25, -0.2) is 0 Å². The third kappa shape index (κ3) is 2.03. The zero-order valence-corrected chi connectivity index (χ0v) is 13.8. The van der Waals surface area contributed by atoms with Gasteiger partial charge in [-0.2, -0.15) is 0 Å². The predicted molar refractivity (Wildman–Crippen MR) is 99.7 cm³/mol. The molecule has 0 radical (unpaired) electrons. The van der Waals surface area contributed by atoms with Crippen molar-refractivity contribution < 1.29 is 4.79 Å². The molecule has 2 heterocycles. The van der Waals surface area contributed by atoms with Gasteiger partial charge in [0.2, 0.25) is 0 Å². The third-order valence-corrected chi connectivity index (χ3v) is 5.52. The summed E-state index contributed by atoms with van der Waals surface area (Å²) in [5.41, 5.74) is 8.62. The lowest BCUT2D eigenvalue weighted by Gasteiger charge is -2.40. The maximum Gasteiger partial charge on any atom is 0.265 e. The van der Waals surface area contributed by atoms with E-state index in [9.17, 15) is 4.79 Å². The first-order valence-corrected chi connectivity index (χ1v) is 8.69. The highest BCUT2D eigenvalue weighted by Gasteiger charge is 2.36. The summed E-state index contributed by atoms with van der Waals surface area (Å²) in [6.07, 6.45) is 4.32. The minimum Gasteiger partial charge on any atom is -0.364 e. The summed E-state index contributed by atoms with van der Waals surface area (Å²) in [6, 6.07) is 21.2. The summed E-state index contributed by atoms with van der Waals surface area (Å²) < 4.78 is 4.50. The molecule has 4 nitrogen and oxygen atoms in total. The molecule has 4 heteroatoms. The van der Waals surface area contributed by atoms with E-state index in [-0.39, 0.29) is 11.9 Å². The van der Waals surface area contributed by atoms with E-state index < -0.39 is 0 Å². The fourth-order valence-corrected chi connectivity index (χ4v) is 4.21. The largest absolute Gasteiger partial charge is 0.364 e. The number of carbonyl (C=O) groups excluding carboxylic acids is 1. The summed E-state index contributed by atoms with van der Waals surface area (Å²) in [6.45, 7) is 0. The lowest BCUT2D eigenvalue weighted by atomic mass is 9.85. The molecule has 1 fully saturated rings. The highest BCUT2D eigenvalue weighted by molar-refractivity contribution is 5.98. The van der Waals surface area contributed by atoms with Gasteiger partial charge in [0, 0.05) is 22.6 Å². The lowest BCUT2D eigenvalue weighted by Crippen LogP contribution is -2.33. The minimum atomic E-state index is -0.362. The van der Waals surface area contributed by atoms with E-state index in [0.29, 0.717) is 11.7 Å². The van der Waals surface area contributed by atoms with Crippen LogP contribution in [0.5, 0.6) is 0 Å². The van der Waals surface area contributed by atoms with E-state index in [0.717, 1.165) is 23.7 Å². The summed E-state index contributed by atoms with van der Waals surface area (Å²) in [5, 5.41) is 2.32. The van der Waals surface area contributed by atoms with Crippen molar-refractivity contribution in [1.82, 2.24) is 9.13 Å². The Kier molecular flexibility index (Phi) is 3.01. The van der Waals surface area contributed by atoms with Gasteiger partial charge in [0.15, 0.2) is 0 Å². The number of para-hydroxylation sites is 2. The third-order valence-electron chi connectivity index (χ3n) is 5.52. The standard InChI is InChI=1S/C21H19N3O/c22-21(25)20-13-15-6-2-4-8-17(15)24(20)19-10-9-18(19)23-12-11-14-5-1-3-7-16(14)23/h1-8,11-13,18-19H,9-10H2,(H2,22,25). The van der Waals surface area contributed by atoms with E-state index in [1.165, 1.54) is 10.9 Å². The Labute approximate surface area is 145 Å². The Hall–Kier alpha value is -3.01. The molecule has 5 rings (SSSR count). The Morgan fingerprint density at radius 2 is 1.56 bits per heavy atom. The Morgan fingerprint density at radius 3 is 2.28 bits per heavy atom. The second-order valence-electron chi connectivity index (χ2n) is 6.82. The summed E-state index contributed by atoms with van der Waals surface area (Å²) in [5.74, 6) is -0.362. The van der Waals surface area contributed by atoms with Gasteiger partial charge in [-0.05, 0) is 42.5 Å². The quantitative estimate of drug-likeness (QED) is 0.599. The van der Waals surface area contributed by atoms with Crippen LogP contribution in [0.15, 0.2) is 66.9 Å². The molecule has 0 saturated heterocycles. The molecule has 0 bridgehead atoms. The van der Waals surface area contributed by atoms with Crippen LogP contribution in [0.25, 0.3) is 21.8 Å². The van der Waals surface area contributed by atoms with Crippen LogP contribution in [0.1, 0.15) is 35.4 Å². The topological polar surface area (TPSA) is 53.0 Å². The summed E-state index contributed by atoms with van der Waals surface area (Å²) in [4.78, 5) is 12.0. The normalized spacial score (nSPS) is 20.0. The van der Waals surface area contributed by atoms with Gasteiger partial charge < -0.3 is 14.9 Å². The molecule has 124 valence electrons. The van der Waals surface area contributed by atoms with Crippen LogP contribution >= 0.6 is 0 Å². The van der Waals surface area contributed by atoms with Crippen LogP contribution in [0, 0.1) is 0 Å². The zero-order valence-electron chi connectivity index (χ0n) is 13.8. The predicted octanol–water partition coefficient (Wildman–Crippen LogP) is 4.27. The van der Waals surface area contributed by atoms with Crippen molar-refractivity contribution in [2.45, 2.75) is 24.9 Å². The lowest BCUT2D eigenvalue weighted by molar-refractivity contribution is 0.0979. The first kappa shape index (κ1) is 14.3. The van der Waals surface area contributed by atoms with Crippen LogP contribution in [-0.2, 0) is 0 Å².